The fourth-order valence-corrected chi connectivity index (χ4v) is 8.01. The molecule has 4 aliphatic rings. The molecular weight excluding hydrogens is 364 g/mol. The maximum Gasteiger partial charge on any atom is 0.303 e. The third-order valence-corrected chi connectivity index (χ3v) is 9.20. The highest BCUT2D eigenvalue weighted by atomic mass is 16.6. The molecule has 158 valence electrons. The minimum atomic E-state index is -1.03. The minimum absolute atomic E-state index is 0.00374. The normalized spacial score (nSPS) is 46.1. The monoisotopic (exact) mass is 398 g/mol. The Bertz CT molecular complexity index is 851. The number of allylic oxidation sites excluding steroid dienone is 4. The van der Waals surface area contributed by atoms with Crippen LogP contribution >= 0.6 is 0 Å². The second kappa shape index (κ2) is 6.39. The standard InChI is InChI=1S/C25H34O4/c1-14-11-19-20(23(5)9-7-18(28)13-21(14)23)8-10-24(6)22(19)12-15(2)25(24,16(3)26)29-17(4)27/h11,13,15,19-20,22H,7-10,12H2,1-6H3/t15-,19+,20-,22-,23-,24+,25-/m1/s1. The van der Waals surface area contributed by atoms with E-state index in [1.54, 1.807) is 6.92 Å². The molecule has 4 heteroatoms. The molecule has 0 saturated heterocycles. The van der Waals surface area contributed by atoms with Crippen LogP contribution in [-0.2, 0) is 19.1 Å². The zero-order valence-electron chi connectivity index (χ0n) is 18.6. The van der Waals surface area contributed by atoms with Crippen molar-refractivity contribution in [3.05, 3.63) is 23.3 Å². The number of fused-ring (bicyclic) bond motifs is 5. The predicted octanol–water partition coefficient (Wildman–Crippen LogP) is 4.82. The van der Waals surface area contributed by atoms with E-state index in [4.69, 9.17) is 4.74 Å². The quantitative estimate of drug-likeness (QED) is 0.626. The van der Waals surface area contributed by atoms with Crippen molar-refractivity contribution in [2.24, 2.45) is 34.5 Å². The van der Waals surface area contributed by atoms with E-state index in [1.165, 1.54) is 18.1 Å². The molecule has 0 spiro atoms. The number of rotatable bonds is 2. The third-order valence-electron chi connectivity index (χ3n) is 9.20. The van der Waals surface area contributed by atoms with Gasteiger partial charge in [0.05, 0.1) is 0 Å². The molecule has 0 aliphatic heterocycles. The van der Waals surface area contributed by atoms with Gasteiger partial charge in [-0.1, -0.05) is 32.4 Å². The number of esters is 1. The van der Waals surface area contributed by atoms with E-state index in [1.807, 2.05) is 6.08 Å². The van der Waals surface area contributed by atoms with Gasteiger partial charge in [0.25, 0.3) is 0 Å². The van der Waals surface area contributed by atoms with Gasteiger partial charge in [0.15, 0.2) is 17.2 Å². The number of carbonyl (C=O) groups is 3. The summed E-state index contributed by atoms with van der Waals surface area (Å²) in [5, 5.41) is 0. The van der Waals surface area contributed by atoms with Crippen LogP contribution in [0.25, 0.3) is 0 Å². The van der Waals surface area contributed by atoms with E-state index in [2.05, 4.69) is 33.8 Å². The lowest BCUT2D eigenvalue weighted by atomic mass is 9.47. The Hall–Kier alpha value is -1.71. The first-order valence-corrected chi connectivity index (χ1v) is 11.1. The Balaban J connectivity index is 1.83. The van der Waals surface area contributed by atoms with E-state index < -0.39 is 5.60 Å². The molecule has 0 aromatic rings. The SMILES string of the molecule is CC(=O)O[C@@]1(C(C)=O)[C@H](C)C[C@@H]2[C@H]3C=C(C)C4=CC(=O)CC[C@]4(C)[C@@H]3CC[C@@]21C. The summed E-state index contributed by atoms with van der Waals surface area (Å²) < 4.78 is 5.93. The molecular formula is C25H34O4. The van der Waals surface area contributed by atoms with Crippen LogP contribution in [0.5, 0.6) is 0 Å². The van der Waals surface area contributed by atoms with Crippen molar-refractivity contribution in [1.29, 1.82) is 0 Å². The van der Waals surface area contributed by atoms with Crippen LogP contribution in [0.2, 0.25) is 0 Å². The van der Waals surface area contributed by atoms with Gasteiger partial charge in [-0.25, -0.2) is 0 Å². The topological polar surface area (TPSA) is 60.4 Å². The van der Waals surface area contributed by atoms with Crippen molar-refractivity contribution in [2.45, 2.75) is 79.2 Å². The molecule has 4 rings (SSSR count). The average Bonchev–Trinajstić information content (AvgIpc) is 2.85. The zero-order chi connectivity index (χ0) is 21.4. The van der Waals surface area contributed by atoms with Crippen LogP contribution in [0.3, 0.4) is 0 Å². The summed E-state index contributed by atoms with van der Waals surface area (Å²) in [5.74, 6) is 0.975. The Morgan fingerprint density at radius 1 is 1.14 bits per heavy atom. The smallest absolute Gasteiger partial charge is 0.303 e. The highest BCUT2D eigenvalue weighted by Crippen LogP contribution is 2.69. The van der Waals surface area contributed by atoms with Crippen molar-refractivity contribution in [3.63, 3.8) is 0 Å². The molecule has 4 nitrogen and oxygen atoms in total. The summed E-state index contributed by atoms with van der Waals surface area (Å²) in [7, 11) is 0. The predicted molar refractivity (Wildman–Crippen MR) is 111 cm³/mol. The molecule has 2 saturated carbocycles. The van der Waals surface area contributed by atoms with Crippen molar-refractivity contribution in [1.82, 2.24) is 0 Å². The van der Waals surface area contributed by atoms with Gasteiger partial charge in [-0.2, -0.15) is 0 Å². The molecule has 2 fully saturated rings. The van der Waals surface area contributed by atoms with Crippen molar-refractivity contribution < 1.29 is 19.1 Å². The number of Topliss-reactive ketones (excluding diaryl/α,β-unsaturated/α-hetero) is 1. The van der Waals surface area contributed by atoms with Gasteiger partial charge in [-0.05, 0) is 74.3 Å². The minimum Gasteiger partial charge on any atom is -0.450 e. The number of ether oxygens (including phenoxy) is 1. The van der Waals surface area contributed by atoms with Crippen LogP contribution < -0.4 is 0 Å². The van der Waals surface area contributed by atoms with E-state index in [0.717, 1.165) is 25.7 Å². The molecule has 29 heavy (non-hydrogen) atoms. The van der Waals surface area contributed by atoms with Gasteiger partial charge in [0, 0.05) is 24.7 Å². The molecule has 0 amide bonds. The number of hydrogen-bond acceptors (Lipinski definition) is 4. The number of carbonyl (C=O) groups excluding carboxylic acids is 3. The molecule has 0 N–H and O–H groups in total. The van der Waals surface area contributed by atoms with Gasteiger partial charge in [-0.3, -0.25) is 14.4 Å². The summed E-state index contributed by atoms with van der Waals surface area (Å²) in [5.41, 5.74) is 1.07. The lowest BCUT2D eigenvalue weighted by Crippen LogP contribution is -2.59. The van der Waals surface area contributed by atoms with Crippen LogP contribution in [0, 0.1) is 34.5 Å². The second-order valence-corrected chi connectivity index (χ2v) is 10.6. The first kappa shape index (κ1) is 20.6. The lowest BCUT2D eigenvalue weighted by molar-refractivity contribution is -0.190. The summed E-state index contributed by atoms with van der Waals surface area (Å²) in [6.45, 7) is 11.7. The molecule has 0 unspecified atom stereocenters. The Kier molecular flexibility index (Phi) is 4.53. The molecule has 0 bridgehead atoms. The van der Waals surface area contributed by atoms with Gasteiger partial charge in [0.1, 0.15) is 0 Å². The summed E-state index contributed by atoms with van der Waals surface area (Å²) in [6.07, 6.45) is 8.55. The van der Waals surface area contributed by atoms with Crippen LogP contribution in [-0.4, -0.2) is 23.1 Å². The maximum absolute atomic E-state index is 13.0. The van der Waals surface area contributed by atoms with E-state index >= 15 is 0 Å². The molecule has 0 aromatic heterocycles. The second-order valence-electron chi connectivity index (χ2n) is 10.6. The molecule has 0 aromatic carbocycles. The maximum atomic E-state index is 13.0. The fraction of sp³-hybridized carbons (Fsp3) is 0.720. The van der Waals surface area contributed by atoms with Crippen molar-refractivity contribution >= 4 is 17.5 Å². The highest BCUT2D eigenvalue weighted by Gasteiger charge is 2.70. The largest absolute Gasteiger partial charge is 0.450 e. The van der Waals surface area contributed by atoms with Gasteiger partial charge in [0.2, 0.25) is 0 Å². The lowest BCUT2D eigenvalue weighted by Gasteiger charge is -2.58. The van der Waals surface area contributed by atoms with E-state index in [-0.39, 0.29) is 34.3 Å². The number of ketones is 2. The highest BCUT2D eigenvalue weighted by molar-refractivity contribution is 5.92. The third kappa shape index (κ3) is 2.53. The van der Waals surface area contributed by atoms with Gasteiger partial charge >= 0.3 is 5.97 Å². The van der Waals surface area contributed by atoms with Gasteiger partial charge < -0.3 is 4.74 Å². The van der Waals surface area contributed by atoms with Crippen LogP contribution in [0.4, 0.5) is 0 Å². The molecule has 4 aliphatic carbocycles. The molecule has 7 atom stereocenters. The first-order valence-electron chi connectivity index (χ1n) is 11.1. The average molecular weight is 399 g/mol. The fourth-order valence-electron chi connectivity index (χ4n) is 8.01. The summed E-state index contributed by atoms with van der Waals surface area (Å²) in [6, 6.07) is 0. The van der Waals surface area contributed by atoms with Gasteiger partial charge in [-0.15, -0.1) is 0 Å². The Labute approximate surface area is 174 Å². The van der Waals surface area contributed by atoms with Crippen LogP contribution in [0.15, 0.2) is 23.3 Å². The summed E-state index contributed by atoms with van der Waals surface area (Å²) in [4.78, 5) is 37.2. The summed E-state index contributed by atoms with van der Waals surface area (Å²) >= 11 is 0. The molecule has 0 radical (unpaired) electrons. The van der Waals surface area contributed by atoms with E-state index in [9.17, 15) is 14.4 Å². The van der Waals surface area contributed by atoms with E-state index in [0.29, 0.717) is 24.2 Å². The van der Waals surface area contributed by atoms with Crippen molar-refractivity contribution in [3.8, 4) is 0 Å². The molecule has 0 heterocycles. The number of hydrogen-bond donors (Lipinski definition) is 0. The Morgan fingerprint density at radius 2 is 1.83 bits per heavy atom. The van der Waals surface area contributed by atoms with Crippen LogP contribution in [0.1, 0.15) is 73.6 Å². The first-order chi connectivity index (χ1) is 13.5. The Morgan fingerprint density at radius 3 is 2.45 bits per heavy atom. The van der Waals surface area contributed by atoms with Crippen molar-refractivity contribution in [2.75, 3.05) is 0 Å². The zero-order valence-corrected chi connectivity index (χ0v) is 18.6.